The Kier molecular flexibility index (Phi) is 5.09. The Balaban J connectivity index is 1.93. The second-order valence-electron chi connectivity index (χ2n) is 6.98. The highest BCUT2D eigenvalue weighted by molar-refractivity contribution is 6.07. The predicted octanol–water partition coefficient (Wildman–Crippen LogP) is 3.06. The van der Waals surface area contributed by atoms with Gasteiger partial charge >= 0.3 is 5.97 Å². The molecule has 2 amide bonds. The van der Waals surface area contributed by atoms with Crippen molar-refractivity contribution in [1.29, 1.82) is 0 Å². The molecule has 0 aliphatic carbocycles. The smallest absolute Gasteiger partial charge is 0.335 e. The highest BCUT2D eigenvalue weighted by Crippen LogP contribution is 2.35. The van der Waals surface area contributed by atoms with E-state index in [9.17, 15) is 19.5 Å². The van der Waals surface area contributed by atoms with Crippen LogP contribution in [0.4, 0.5) is 11.4 Å². The zero-order valence-corrected chi connectivity index (χ0v) is 16.2. The van der Waals surface area contributed by atoms with Gasteiger partial charge in [0.1, 0.15) is 11.8 Å². The molecule has 2 N–H and O–H groups in total. The van der Waals surface area contributed by atoms with Gasteiger partial charge in [-0.25, -0.2) is 4.79 Å². The summed E-state index contributed by atoms with van der Waals surface area (Å²) in [4.78, 5) is 38.0. The molecule has 7 heteroatoms. The summed E-state index contributed by atoms with van der Waals surface area (Å²) in [6.45, 7) is 7.20. The quantitative estimate of drug-likeness (QED) is 0.847. The Bertz CT molecular complexity index is 960. The molecule has 1 heterocycles. The fourth-order valence-corrected chi connectivity index (χ4v) is 3.45. The summed E-state index contributed by atoms with van der Waals surface area (Å²) in [5.74, 6) is -1.53. The molecule has 146 valence electrons. The maximum atomic E-state index is 12.9. The Labute approximate surface area is 162 Å². The van der Waals surface area contributed by atoms with Crippen molar-refractivity contribution in [2.45, 2.75) is 33.7 Å². The van der Waals surface area contributed by atoms with Gasteiger partial charge in [0.05, 0.1) is 11.3 Å². The van der Waals surface area contributed by atoms with Crippen LogP contribution in [-0.4, -0.2) is 35.5 Å². The minimum atomic E-state index is -1.12. The van der Waals surface area contributed by atoms with E-state index in [1.807, 2.05) is 32.9 Å². The van der Waals surface area contributed by atoms with E-state index in [-0.39, 0.29) is 23.8 Å². The number of aryl methyl sites for hydroxylation is 3. The fourth-order valence-electron chi connectivity index (χ4n) is 3.45. The lowest BCUT2D eigenvalue weighted by molar-refractivity contribution is -0.125. The van der Waals surface area contributed by atoms with Gasteiger partial charge in [-0.15, -0.1) is 0 Å². The number of carbonyl (C=O) groups is 3. The summed E-state index contributed by atoms with van der Waals surface area (Å²) >= 11 is 0. The van der Waals surface area contributed by atoms with Crippen LogP contribution in [0.1, 0.15) is 34.0 Å². The van der Waals surface area contributed by atoms with Gasteiger partial charge in [0.2, 0.25) is 5.91 Å². The number of nitrogens with one attached hydrogen (secondary N) is 1. The summed E-state index contributed by atoms with van der Waals surface area (Å²) in [6, 6.07) is 7.35. The number of nitrogens with zero attached hydrogens (tertiary/aromatic N) is 1. The Morgan fingerprint density at radius 2 is 1.79 bits per heavy atom. The molecule has 2 aromatic rings. The van der Waals surface area contributed by atoms with E-state index in [2.05, 4.69) is 5.32 Å². The van der Waals surface area contributed by atoms with Gasteiger partial charge in [-0.1, -0.05) is 17.7 Å². The van der Waals surface area contributed by atoms with E-state index in [0.717, 1.165) is 16.7 Å². The molecule has 0 fully saturated rings. The predicted molar refractivity (Wildman–Crippen MR) is 105 cm³/mol. The van der Waals surface area contributed by atoms with Gasteiger partial charge in [0.25, 0.3) is 5.91 Å². The van der Waals surface area contributed by atoms with Crippen LogP contribution >= 0.6 is 0 Å². The molecule has 0 bridgehead atoms. The number of ether oxygens (including phenoxy) is 1. The molecule has 0 radical (unpaired) electrons. The van der Waals surface area contributed by atoms with E-state index < -0.39 is 17.9 Å². The van der Waals surface area contributed by atoms with Crippen molar-refractivity contribution >= 4 is 29.2 Å². The highest BCUT2D eigenvalue weighted by Gasteiger charge is 2.34. The van der Waals surface area contributed by atoms with E-state index in [4.69, 9.17) is 4.74 Å². The topological polar surface area (TPSA) is 95.9 Å². The van der Waals surface area contributed by atoms with Gasteiger partial charge in [-0.3, -0.25) is 14.5 Å². The van der Waals surface area contributed by atoms with Crippen molar-refractivity contribution in [3.63, 3.8) is 0 Å². The fraction of sp³-hybridized carbons (Fsp3) is 0.286. The van der Waals surface area contributed by atoms with Gasteiger partial charge in [0.15, 0.2) is 6.61 Å². The van der Waals surface area contributed by atoms with Crippen LogP contribution in [0.5, 0.6) is 5.75 Å². The molecule has 3 rings (SSSR count). The average molecular weight is 382 g/mol. The first-order valence-electron chi connectivity index (χ1n) is 8.90. The molecule has 1 aliphatic heterocycles. The number of carbonyl (C=O) groups excluding carboxylic acids is 2. The van der Waals surface area contributed by atoms with Crippen molar-refractivity contribution < 1.29 is 24.2 Å². The maximum absolute atomic E-state index is 12.9. The van der Waals surface area contributed by atoms with Crippen molar-refractivity contribution in [2.24, 2.45) is 0 Å². The lowest BCUT2D eigenvalue weighted by Crippen LogP contribution is -2.49. The normalized spacial score (nSPS) is 14.1. The molecular weight excluding hydrogens is 360 g/mol. The molecule has 0 saturated heterocycles. The number of aromatic carboxylic acids is 1. The number of rotatable bonds is 4. The number of benzene rings is 2. The van der Waals surface area contributed by atoms with Gasteiger partial charge in [0, 0.05) is 5.69 Å². The van der Waals surface area contributed by atoms with Crippen LogP contribution in [0.15, 0.2) is 30.3 Å². The summed E-state index contributed by atoms with van der Waals surface area (Å²) in [7, 11) is 0. The van der Waals surface area contributed by atoms with Crippen LogP contribution in [0.3, 0.4) is 0 Å². The van der Waals surface area contributed by atoms with E-state index in [1.54, 1.807) is 6.92 Å². The number of carboxylic acids is 1. The van der Waals surface area contributed by atoms with Crippen LogP contribution < -0.4 is 15.0 Å². The van der Waals surface area contributed by atoms with Crippen LogP contribution in [-0.2, 0) is 9.59 Å². The zero-order chi connectivity index (χ0) is 20.6. The minimum Gasteiger partial charge on any atom is -0.482 e. The summed E-state index contributed by atoms with van der Waals surface area (Å²) < 4.78 is 5.38. The maximum Gasteiger partial charge on any atom is 0.335 e. The molecule has 1 atom stereocenters. The second kappa shape index (κ2) is 7.34. The molecule has 2 aromatic carbocycles. The van der Waals surface area contributed by atoms with Crippen LogP contribution in [0.2, 0.25) is 0 Å². The third-order valence-corrected chi connectivity index (χ3v) is 4.78. The largest absolute Gasteiger partial charge is 0.482 e. The molecule has 1 unspecified atom stereocenters. The lowest BCUT2D eigenvalue weighted by atomic mass is 10.0. The first-order chi connectivity index (χ1) is 13.2. The van der Waals surface area contributed by atoms with Crippen molar-refractivity contribution in [3.05, 3.63) is 52.6 Å². The average Bonchev–Trinajstić information content (AvgIpc) is 2.63. The standard InChI is InChI=1S/C21H22N2O5/c1-11-7-12(2)19(13(3)8-11)22-20(25)14(4)23-16-9-15(21(26)27)5-6-17(16)28-10-18(23)24/h5-9,14H,10H2,1-4H3,(H,22,25)(H,26,27). The number of carboxylic acid groups (broad SMARTS) is 1. The Hall–Kier alpha value is -3.35. The second-order valence-corrected chi connectivity index (χ2v) is 6.98. The zero-order valence-electron chi connectivity index (χ0n) is 16.2. The van der Waals surface area contributed by atoms with Gasteiger partial charge in [-0.05, 0) is 57.0 Å². The number of fused-ring (bicyclic) bond motifs is 1. The lowest BCUT2D eigenvalue weighted by Gasteiger charge is -2.33. The molecule has 28 heavy (non-hydrogen) atoms. The molecule has 0 saturated carbocycles. The molecular formula is C21H22N2O5. The molecule has 1 aliphatic rings. The number of hydrogen-bond acceptors (Lipinski definition) is 4. The summed E-state index contributed by atoms with van der Waals surface area (Å²) in [6.07, 6.45) is 0. The van der Waals surface area contributed by atoms with Crippen molar-refractivity contribution in [1.82, 2.24) is 0 Å². The first kappa shape index (κ1) is 19.4. The molecule has 0 spiro atoms. The first-order valence-corrected chi connectivity index (χ1v) is 8.90. The monoisotopic (exact) mass is 382 g/mol. The Morgan fingerprint density at radius 3 is 2.39 bits per heavy atom. The van der Waals surface area contributed by atoms with E-state index in [0.29, 0.717) is 11.4 Å². The minimum absolute atomic E-state index is 0.0138. The van der Waals surface area contributed by atoms with Crippen LogP contribution in [0.25, 0.3) is 0 Å². The van der Waals surface area contributed by atoms with E-state index in [1.165, 1.54) is 23.1 Å². The number of amides is 2. The summed E-state index contributed by atoms with van der Waals surface area (Å²) in [5, 5.41) is 12.1. The third-order valence-electron chi connectivity index (χ3n) is 4.78. The molecule has 7 nitrogen and oxygen atoms in total. The summed E-state index contributed by atoms with van der Waals surface area (Å²) in [5.41, 5.74) is 3.96. The molecule has 0 aromatic heterocycles. The highest BCUT2D eigenvalue weighted by atomic mass is 16.5. The van der Waals surface area contributed by atoms with Gasteiger partial charge < -0.3 is 15.2 Å². The van der Waals surface area contributed by atoms with Crippen molar-refractivity contribution in [3.8, 4) is 5.75 Å². The van der Waals surface area contributed by atoms with Gasteiger partial charge in [-0.2, -0.15) is 0 Å². The van der Waals surface area contributed by atoms with Crippen molar-refractivity contribution in [2.75, 3.05) is 16.8 Å². The number of anilines is 2. The van der Waals surface area contributed by atoms with Crippen LogP contribution in [0, 0.1) is 20.8 Å². The number of hydrogen-bond donors (Lipinski definition) is 2. The SMILES string of the molecule is Cc1cc(C)c(NC(=O)C(C)N2C(=O)COc3ccc(C(=O)O)cc32)c(C)c1. The third kappa shape index (κ3) is 3.55. The Morgan fingerprint density at radius 1 is 1.14 bits per heavy atom. The van der Waals surface area contributed by atoms with E-state index >= 15 is 0 Å².